The van der Waals surface area contributed by atoms with Crippen LogP contribution < -0.4 is 10.6 Å². The van der Waals surface area contributed by atoms with Crippen molar-refractivity contribution in [2.45, 2.75) is 20.4 Å². The number of nitrogens with zero attached hydrogens (tertiary/aromatic N) is 3. The van der Waals surface area contributed by atoms with E-state index in [1.807, 2.05) is 0 Å². The highest BCUT2D eigenvalue weighted by Crippen LogP contribution is 2.05. The number of guanidine groups is 1. The molecular formula is C19H32FN5. The fraction of sp³-hybridized carbons (Fsp3) is 0.632. The second-order valence-electron chi connectivity index (χ2n) is 6.77. The molecule has 0 spiro atoms. The number of halogens is 1. The Labute approximate surface area is 151 Å². The fourth-order valence-electron chi connectivity index (χ4n) is 3.07. The second kappa shape index (κ2) is 10.4. The van der Waals surface area contributed by atoms with Crippen molar-refractivity contribution in [3.8, 4) is 0 Å². The monoisotopic (exact) mass is 349 g/mol. The Morgan fingerprint density at radius 2 is 1.76 bits per heavy atom. The number of rotatable bonds is 7. The lowest BCUT2D eigenvalue weighted by atomic mass is 10.1. The summed E-state index contributed by atoms with van der Waals surface area (Å²) < 4.78 is 12.9. The summed E-state index contributed by atoms with van der Waals surface area (Å²) in [5.41, 5.74) is 1.03. The largest absolute Gasteiger partial charge is 0.356 e. The van der Waals surface area contributed by atoms with Gasteiger partial charge >= 0.3 is 0 Å². The number of nitrogens with one attached hydrogen (secondary N) is 2. The highest BCUT2D eigenvalue weighted by molar-refractivity contribution is 5.79. The lowest BCUT2D eigenvalue weighted by molar-refractivity contribution is 0.124. The van der Waals surface area contributed by atoms with Crippen LogP contribution in [-0.2, 0) is 6.54 Å². The van der Waals surface area contributed by atoms with Crippen LogP contribution in [-0.4, -0.2) is 68.6 Å². The number of benzene rings is 1. The molecule has 2 N–H and O–H groups in total. The molecule has 1 heterocycles. The first-order chi connectivity index (χ1) is 12.1. The van der Waals surface area contributed by atoms with Crippen LogP contribution in [0.15, 0.2) is 29.3 Å². The van der Waals surface area contributed by atoms with Crippen LogP contribution >= 0.6 is 0 Å². The number of aliphatic imine (C=N–C) groups is 1. The Kier molecular flexibility index (Phi) is 8.15. The number of likely N-dealkylation sites (N-methyl/N-ethyl adjacent to an activating group) is 1. The van der Waals surface area contributed by atoms with E-state index in [0.29, 0.717) is 12.5 Å². The molecule has 6 heteroatoms. The van der Waals surface area contributed by atoms with Gasteiger partial charge in [0.05, 0.1) is 0 Å². The second-order valence-corrected chi connectivity index (χ2v) is 6.77. The summed E-state index contributed by atoms with van der Waals surface area (Å²) in [6.45, 7) is 13.0. The van der Waals surface area contributed by atoms with Crippen LogP contribution in [0, 0.1) is 11.7 Å². The predicted molar refractivity (Wildman–Crippen MR) is 102 cm³/mol. The third-order valence-electron chi connectivity index (χ3n) is 4.70. The Morgan fingerprint density at radius 1 is 1.12 bits per heavy atom. The normalized spacial score (nSPS) is 18.2. The van der Waals surface area contributed by atoms with Gasteiger partial charge in [0.1, 0.15) is 5.82 Å². The van der Waals surface area contributed by atoms with Gasteiger partial charge < -0.3 is 20.4 Å². The molecule has 0 bridgehead atoms. The van der Waals surface area contributed by atoms with E-state index < -0.39 is 0 Å². The lowest BCUT2D eigenvalue weighted by Gasteiger charge is -2.35. The van der Waals surface area contributed by atoms with Crippen LogP contribution in [0.25, 0.3) is 0 Å². The molecule has 25 heavy (non-hydrogen) atoms. The number of hydrogen-bond donors (Lipinski definition) is 2. The van der Waals surface area contributed by atoms with Crippen LogP contribution in [0.1, 0.15) is 19.4 Å². The molecule has 1 fully saturated rings. The van der Waals surface area contributed by atoms with E-state index in [9.17, 15) is 4.39 Å². The first-order valence-electron chi connectivity index (χ1n) is 9.24. The maximum absolute atomic E-state index is 12.9. The maximum Gasteiger partial charge on any atom is 0.191 e. The van der Waals surface area contributed by atoms with Crippen molar-refractivity contribution in [3.05, 3.63) is 35.6 Å². The van der Waals surface area contributed by atoms with E-state index in [1.165, 1.54) is 25.2 Å². The van der Waals surface area contributed by atoms with Gasteiger partial charge in [-0.15, -0.1) is 0 Å². The van der Waals surface area contributed by atoms with Crippen molar-refractivity contribution < 1.29 is 4.39 Å². The molecule has 0 saturated carbocycles. The third kappa shape index (κ3) is 7.00. The molecule has 1 aliphatic heterocycles. The highest BCUT2D eigenvalue weighted by atomic mass is 19.1. The summed E-state index contributed by atoms with van der Waals surface area (Å²) in [6.07, 6.45) is 0. The summed E-state index contributed by atoms with van der Waals surface area (Å²) in [5.74, 6) is 1.13. The third-order valence-corrected chi connectivity index (χ3v) is 4.70. The van der Waals surface area contributed by atoms with Crippen molar-refractivity contribution >= 4 is 5.96 Å². The van der Waals surface area contributed by atoms with Gasteiger partial charge in [-0.1, -0.05) is 26.0 Å². The molecule has 140 valence electrons. The van der Waals surface area contributed by atoms with Gasteiger partial charge in [-0.2, -0.15) is 0 Å². The van der Waals surface area contributed by atoms with Gasteiger partial charge in [-0.3, -0.25) is 4.99 Å². The number of piperazine rings is 1. The lowest BCUT2D eigenvalue weighted by Crippen LogP contribution is -2.48. The van der Waals surface area contributed by atoms with E-state index in [-0.39, 0.29) is 5.82 Å². The summed E-state index contributed by atoms with van der Waals surface area (Å²) in [7, 11) is 1.77. The smallest absolute Gasteiger partial charge is 0.191 e. The SMILES string of the molecule is CCN1CCN(CC(C)CNC(=NC)NCc2ccc(F)cc2)CC1. The zero-order valence-corrected chi connectivity index (χ0v) is 15.8. The van der Waals surface area contributed by atoms with Crippen molar-refractivity contribution in [2.24, 2.45) is 10.9 Å². The zero-order chi connectivity index (χ0) is 18.1. The summed E-state index contributed by atoms with van der Waals surface area (Å²) in [5, 5.41) is 6.66. The van der Waals surface area contributed by atoms with Crippen LogP contribution in [0.4, 0.5) is 4.39 Å². The zero-order valence-electron chi connectivity index (χ0n) is 15.8. The maximum atomic E-state index is 12.9. The topological polar surface area (TPSA) is 42.9 Å². The van der Waals surface area contributed by atoms with Crippen LogP contribution in [0.3, 0.4) is 0 Å². The van der Waals surface area contributed by atoms with Crippen molar-refractivity contribution in [2.75, 3.05) is 52.9 Å². The molecule has 1 aliphatic rings. The molecule has 1 saturated heterocycles. The van der Waals surface area contributed by atoms with E-state index in [4.69, 9.17) is 0 Å². The average molecular weight is 349 g/mol. The van der Waals surface area contributed by atoms with Crippen molar-refractivity contribution in [1.29, 1.82) is 0 Å². The molecule has 1 aromatic rings. The molecule has 1 atom stereocenters. The van der Waals surface area contributed by atoms with Crippen LogP contribution in [0.5, 0.6) is 0 Å². The molecule has 0 radical (unpaired) electrons. The summed E-state index contributed by atoms with van der Waals surface area (Å²) in [6, 6.07) is 6.53. The highest BCUT2D eigenvalue weighted by Gasteiger charge is 2.17. The van der Waals surface area contributed by atoms with Gasteiger partial charge in [0.15, 0.2) is 5.96 Å². The molecule has 0 aliphatic carbocycles. The van der Waals surface area contributed by atoms with E-state index in [1.54, 1.807) is 19.2 Å². The minimum Gasteiger partial charge on any atom is -0.356 e. The Balaban J connectivity index is 1.66. The molecule has 1 aromatic carbocycles. The average Bonchev–Trinajstić information content (AvgIpc) is 2.64. The van der Waals surface area contributed by atoms with Crippen molar-refractivity contribution in [1.82, 2.24) is 20.4 Å². The van der Waals surface area contributed by atoms with E-state index in [0.717, 1.165) is 44.2 Å². The summed E-state index contributed by atoms with van der Waals surface area (Å²) >= 11 is 0. The van der Waals surface area contributed by atoms with Gasteiger partial charge in [0, 0.05) is 52.9 Å². The van der Waals surface area contributed by atoms with E-state index in [2.05, 4.69) is 39.3 Å². The molecule has 0 aromatic heterocycles. The Bertz CT molecular complexity index is 523. The Hall–Kier alpha value is -1.66. The van der Waals surface area contributed by atoms with E-state index >= 15 is 0 Å². The van der Waals surface area contributed by atoms with Gasteiger partial charge in [-0.05, 0) is 30.2 Å². The fourth-order valence-corrected chi connectivity index (χ4v) is 3.07. The number of hydrogen-bond acceptors (Lipinski definition) is 3. The molecular weight excluding hydrogens is 317 g/mol. The summed E-state index contributed by atoms with van der Waals surface area (Å²) in [4.78, 5) is 9.31. The van der Waals surface area contributed by atoms with Gasteiger partial charge in [0.2, 0.25) is 0 Å². The van der Waals surface area contributed by atoms with Gasteiger partial charge in [0.25, 0.3) is 0 Å². The molecule has 0 amide bonds. The Morgan fingerprint density at radius 3 is 2.36 bits per heavy atom. The first kappa shape index (κ1) is 19.7. The van der Waals surface area contributed by atoms with Gasteiger partial charge in [-0.25, -0.2) is 4.39 Å². The minimum absolute atomic E-state index is 0.208. The standard InChI is InChI=1S/C19H32FN5/c1-4-24-9-11-25(12-10-24)15-16(2)13-22-19(21-3)23-14-17-5-7-18(20)8-6-17/h5-8,16H,4,9-15H2,1-3H3,(H2,21,22,23). The van der Waals surface area contributed by atoms with Crippen LogP contribution in [0.2, 0.25) is 0 Å². The first-order valence-corrected chi connectivity index (χ1v) is 9.24. The molecule has 5 nitrogen and oxygen atoms in total. The minimum atomic E-state index is -0.208. The molecule has 2 rings (SSSR count). The van der Waals surface area contributed by atoms with Crippen molar-refractivity contribution in [3.63, 3.8) is 0 Å². The quantitative estimate of drug-likeness (QED) is 0.582. The predicted octanol–water partition coefficient (Wildman–Crippen LogP) is 1.76. The molecule has 1 unspecified atom stereocenters.